The molecule has 6 heteroatoms. The molecule has 0 bridgehead atoms. The van der Waals surface area contributed by atoms with Gasteiger partial charge in [-0.05, 0) is 89.9 Å². The highest BCUT2D eigenvalue weighted by molar-refractivity contribution is 5.71. The van der Waals surface area contributed by atoms with E-state index in [1.165, 1.54) is 89.9 Å². The van der Waals surface area contributed by atoms with Crippen LogP contribution in [0.25, 0.3) is 0 Å². The zero-order chi connectivity index (χ0) is 44.4. The van der Waals surface area contributed by atoms with Crippen LogP contribution < -0.4 is 0 Å². The SMILES string of the molecule is CC/C=C\C/C=C\C/C=C\C/C=C\CCCCC(=O)OC(COC(=O)CCCCCCC/C=C\C/C=C\CCCCCC)COC(=O)CCCCCCCCCCCCCC. The number of hydrogen-bond acceptors (Lipinski definition) is 6. The van der Waals surface area contributed by atoms with E-state index in [-0.39, 0.29) is 37.5 Å². The number of esters is 3. The first-order valence-corrected chi connectivity index (χ1v) is 25.4. The lowest BCUT2D eigenvalue weighted by molar-refractivity contribution is -0.167. The van der Waals surface area contributed by atoms with Crippen LogP contribution in [0, 0.1) is 0 Å². The maximum atomic E-state index is 12.8. The van der Waals surface area contributed by atoms with Crippen molar-refractivity contribution in [3.63, 3.8) is 0 Å². The average Bonchev–Trinajstić information content (AvgIpc) is 3.26. The van der Waals surface area contributed by atoms with E-state index in [0.717, 1.165) is 103 Å². The molecule has 0 rings (SSSR count). The van der Waals surface area contributed by atoms with Crippen LogP contribution in [0.1, 0.15) is 239 Å². The first-order chi connectivity index (χ1) is 30.0. The molecule has 0 N–H and O–H groups in total. The van der Waals surface area contributed by atoms with Gasteiger partial charge in [0, 0.05) is 19.3 Å². The van der Waals surface area contributed by atoms with Crippen LogP contribution in [0.5, 0.6) is 0 Å². The lowest BCUT2D eigenvalue weighted by atomic mass is 10.0. The van der Waals surface area contributed by atoms with Crippen molar-refractivity contribution in [3.8, 4) is 0 Å². The molecule has 0 saturated carbocycles. The third-order valence-corrected chi connectivity index (χ3v) is 10.7. The zero-order valence-electron chi connectivity index (χ0n) is 39.9. The van der Waals surface area contributed by atoms with Gasteiger partial charge < -0.3 is 14.2 Å². The fourth-order valence-electron chi connectivity index (χ4n) is 6.87. The van der Waals surface area contributed by atoms with E-state index in [1.807, 2.05) is 0 Å². The molecule has 61 heavy (non-hydrogen) atoms. The smallest absolute Gasteiger partial charge is 0.306 e. The van der Waals surface area contributed by atoms with Gasteiger partial charge in [-0.15, -0.1) is 0 Å². The lowest BCUT2D eigenvalue weighted by Crippen LogP contribution is -2.30. The number of rotatable bonds is 45. The van der Waals surface area contributed by atoms with Crippen molar-refractivity contribution in [1.82, 2.24) is 0 Å². The fourth-order valence-corrected chi connectivity index (χ4v) is 6.87. The van der Waals surface area contributed by atoms with Crippen molar-refractivity contribution in [2.75, 3.05) is 13.2 Å². The Hall–Kier alpha value is -3.15. The molecule has 0 heterocycles. The summed E-state index contributed by atoms with van der Waals surface area (Å²) in [6.45, 7) is 6.45. The van der Waals surface area contributed by atoms with Crippen LogP contribution in [0.3, 0.4) is 0 Å². The van der Waals surface area contributed by atoms with Gasteiger partial charge in [-0.25, -0.2) is 0 Å². The highest BCUT2D eigenvalue weighted by Gasteiger charge is 2.19. The Kier molecular flexibility index (Phi) is 46.9. The van der Waals surface area contributed by atoms with Gasteiger partial charge in [0.25, 0.3) is 0 Å². The summed E-state index contributed by atoms with van der Waals surface area (Å²) in [6.07, 6.45) is 61.7. The van der Waals surface area contributed by atoms with Gasteiger partial charge in [0.15, 0.2) is 6.10 Å². The molecule has 350 valence electrons. The molecule has 0 aromatic heterocycles. The van der Waals surface area contributed by atoms with Crippen molar-refractivity contribution in [1.29, 1.82) is 0 Å². The first kappa shape index (κ1) is 57.9. The van der Waals surface area contributed by atoms with Gasteiger partial charge in [0.2, 0.25) is 0 Å². The van der Waals surface area contributed by atoms with Gasteiger partial charge >= 0.3 is 17.9 Å². The minimum Gasteiger partial charge on any atom is -0.462 e. The molecular formula is C55H94O6. The Morgan fingerprint density at radius 2 is 0.639 bits per heavy atom. The maximum absolute atomic E-state index is 12.8. The zero-order valence-corrected chi connectivity index (χ0v) is 39.9. The molecule has 0 saturated heterocycles. The van der Waals surface area contributed by atoms with E-state index in [4.69, 9.17) is 14.2 Å². The maximum Gasteiger partial charge on any atom is 0.306 e. The van der Waals surface area contributed by atoms with Crippen LogP contribution in [0.15, 0.2) is 72.9 Å². The summed E-state index contributed by atoms with van der Waals surface area (Å²) >= 11 is 0. The molecule has 0 aliphatic rings. The summed E-state index contributed by atoms with van der Waals surface area (Å²) in [5, 5.41) is 0. The molecule has 0 aliphatic heterocycles. The second kappa shape index (κ2) is 49.5. The Bertz CT molecular complexity index is 1160. The van der Waals surface area contributed by atoms with E-state index in [2.05, 4.69) is 93.7 Å². The largest absolute Gasteiger partial charge is 0.462 e. The average molecular weight is 851 g/mol. The number of ether oxygens (including phenoxy) is 3. The molecule has 0 aromatic rings. The predicted molar refractivity (Wildman–Crippen MR) is 261 cm³/mol. The van der Waals surface area contributed by atoms with Crippen LogP contribution in [0.4, 0.5) is 0 Å². The fraction of sp³-hybridized carbons (Fsp3) is 0.727. The van der Waals surface area contributed by atoms with Crippen LogP contribution >= 0.6 is 0 Å². The van der Waals surface area contributed by atoms with Gasteiger partial charge in [-0.1, -0.05) is 203 Å². The highest BCUT2D eigenvalue weighted by atomic mass is 16.6. The Morgan fingerprint density at radius 3 is 1.05 bits per heavy atom. The number of carbonyl (C=O) groups is 3. The monoisotopic (exact) mass is 851 g/mol. The summed E-state index contributed by atoms with van der Waals surface area (Å²) in [5.41, 5.74) is 0. The molecule has 0 amide bonds. The molecule has 0 fully saturated rings. The predicted octanol–water partition coefficient (Wildman–Crippen LogP) is 16.6. The summed E-state index contributed by atoms with van der Waals surface area (Å²) in [5.74, 6) is -0.951. The van der Waals surface area contributed by atoms with Crippen molar-refractivity contribution >= 4 is 17.9 Å². The van der Waals surface area contributed by atoms with E-state index in [1.54, 1.807) is 0 Å². The minimum absolute atomic E-state index is 0.0954. The van der Waals surface area contributed by atoms with Crippen LogP contribution in [-0.2, 0) is 28.6 Å². The standard InChI is InChI=1S/C55H94O6/c1-4-7-10-13-16-19-22-25-27-29-30-33-36-39-42-45-48-54(57)60-51-52(50-59-53(56)47-44-41-38-35-32-24-21-18-15-12-9-6-3)61-55(58)49-46-43-40-37-34-31-28-26-23-20-17-14-11-8-5-2/h8,11,17,19-20,22,26-29,34,37,52H,4-7,9-10,12-16,18,21,23-25,30-33,35-36,38-51H2,1-3H3/b11-8-,20-17-,22-19-,28-26-,29-27-,37-34-. The van der Waals surface area contributed by atoms with Gasteiger partial charge in [0.1, 0.15) is 13.2 Å². The van der Waals surface area contributed by atoms with Gasteiger partial charge in [0.05, 0.1) is 0 Å². The number of allylic oxidation sites excluding steroid dienone is 12. The molecule has 0 spiro atoms. The van der Waals surface area contributed by atoms with Crippen molar-refractivity contribution in [2.45, 2.75) is 245 Å². The molecule has 0 radical (unpaired) electrons. The molecule has 1 atom stereocenters. The number of hydrogen-bond donors (Lipinski definition) is 0. The topological polar surface area (TPSA) is 78.9 Å². The second-order valence-corrected chi connectivity index (χ2v) is 16.7. The first-order valence-electron chi connectivity index (χ1n) is 25.4. The Balaban J connectivity index is 4.47. The summed E-state index contributed by atoms with van der Waals surface area (Å²) in [7, 11) is 0. The second-order valence-electron chi connectivity index (χ2n) is 16.7. The highest BCUT2D eigenvalue weighted by Crippen LogP contribution is 2.14. The van der Waals surface area contributed by atoms with Crippen LogP contribution in [0.2, 0.25) is 0 Å². The molecule has 0 aliphatic carbocycles. The number of unbranched alkanes of at least 4 members (excludes halogenated alkanes) is 22. The molecular weight excluding hydrogens is 757 g/mol. The molecule has 1 unspecified atom stereocenters. The summed E-state index contributed by atoms with van der Waals surface area (Å²) in [6, 6.07) is 0. The Morgan fingerprint density at radius 1 is 0.344 bits per heavy atom. The van der Waals surface area contributed by atoms with E-state index in [9.17, 15) is 14.4 Å². The van der Waals surface area contributed by atoms with Crippen molar-refractivity contribution < 1.29 is 28.6 Å². The lowest BCUT2D eigenvalue weighted by Gasteiger charge is -2.18. The normalized spacial score (nSPS) is 12.6. The van der Waals surface area contributed by atoms with Crippen molar-refractivity contribution in [2.24, 2.45) is 0 Å². The summed E-state index contributed by atoms with van der Waals surface area (Å²) < 4.78 is 16.7. The van der Waals surface area contributed by atoms with E-state index >= 15 is 0 Å². The van der Waals surface area contributed by atoms with Crippen molar-refractivity contribution in [3.05, 3.63) is 72.9 Å². The quantitative estimate of drug-likeness (QED) is 0.0263. The number of carbonyl (C=O) groups excluding carboxylic acids is 3. The van der Waals surface area contributed by atoms with E-state index in [0.29, 0.717) is 19.3 Å². The third-order valence-electron chi connectivity index (χ3n) is 10.7. The molecule has 0 aromatic carbocycles. The summed E-state index contributed by atoms with van der Waals surface area (Å²) in [4.78, 5) is 37.9. The Labute approximate surface area is 376 Å². The van der Waals surface area contributed by atoms with Crippen LogP contribution in [-0.4, -0.2) is 37.2 Å². The van der Waals surface area contributed by atoms with Gasteiger partial charge in [-0.3, -0.25) is 14.4 Å². The van der Waals surface area contributed by atoms with Gasteiger partial charge in [-0.2, -0.15) is 0 Å². The van der Waals surface area contributed by atoms with E-state index < -0.39 is 6.10 Å². The molecule has 6 nitrogen and oxygen atoms in total. The minimum atomic E-state index is -0.800. The third kappa shape index (κ3) is 47.7.